The molecule has 0 fully saturated rings. The molecule has 0 radical (unpaired) electrons. The van der Waals surface area contributed by atoms with Crippen LogP contribution >= 0.6 is 11.6 Å². The minimum Gasteiger partial charge on any atom is -0.396 e. The predicted molar refractivity (Wildman–Crippen MR) is 112 cm³/mol. The van der Waals surface area contributed by atoms with Crippen LogP contribution in [-0.2, 0) is 27.1 Å². The summed E-state index contributed by atoms with van der Waals surface area (Å²) in [5.74, 6) is -0.492. The van der Waals surface area contributed by atoms with Gasteiger partial charge in [-0.2, -0.15) is 0 Å². The summed E-state index contributed by atoms with van der Waals surface area (Å²) in [4.78, 5) is 38.2. The van der Waals surface area contributed by atoms with E-state index in [9.17, 15) is 14.4 Å². The molecule has 0 spiro atoms. The summed E-state index contributed by atoms with van der Waals surface area (Å²) in [6, 6.07) is 8.58. The fourth-order valence-electron chi connectivity index (χ4n) is 3.34. The van der Waals surface area contributed by atoms with Gasteiger partial charge in [0.2, 0.25) is 5.43 Å². The Kier molecular flexibility index (Phi) is 6.20. The highest BCUT2D eigenvalue weighted by molar-refractivity contribution is 6.30. The number of halogens is 1. The number of fused-ring (bicyclic) bond motifs is 1. The van der Waals surface area contributed by atoms with Gasteiger partial charge in [-0.1, -0.05) is 23.7 Å². The van der Waals surface area contributed by atoms with Crippen LogP contribution in [0.15, 0.2) is 46.1 Å². The van der Waals surface area contributed by atoms with Crippen molar-refractivity contribution in [3.8, 4) is 0 Å². The zero-order chi connectivity index (χ0) is 21.1. The number of hydrogen-bond acceptors (Lipinski definition) is 4. The zero-order valence-electron chi connectivity index (χ0n) is 16.2. The van der Waals surface area contributed by atoms with E-state index in [2.05, 4.69) is 5.32 Å². The number of aliphatic hydroxyl groups excluding tert-OH is 1. The van der Waals surface area contributed by atoms with Crippen LogP contribution in [0.5, 0.6) is 0 Å². The molecule has 0 aliphatic heterocycles. The first-order chi connectivity index (χ1) is 13.8. The standard InChI is InChI=1S/C21H22ClN3O4/c1-24-12-17(19(28)23-11-13-5-7-15(22)8-6-13)18(27)16-10-14(4-3-9-26)21(29)25(2)20(16)24/h5-8,10,12,26H,3-4,9,11H2,1-2H3,(H,23,28). The quantitative estimate of drug-likeness (QED) is 0.641. The van der Waals surface area contributed by atoms with Gasteiger partial charge in [0.1, 0.15) is 11.2 Å². The molecular formula is C21H22ClN3O4. The Bertz CT molecular complexity index is 1180. The average Bonchev–Trinajstić information content (AvgIpc) is 2.71. The molecule has 1 aromatic carbocycles. The first kappa shape index (κ1) is 20.8. The molecule has 0 unspecified atom stereocenters. The Morgan fingerprint density at radius 3 is 2.52 bits per heavy atom. The van der Waals surface area contributed by atoms with Crippen LogP contribution in [0.2, 0.25) is 5.02 Å². The highest BCUT2D eigenvalue weighted by Gasteiger charge is 2.18. The Labute approximate surface area is 172 Å². The lowest BCUT2D eigenvalue weighted by atomic mass is 10.1. The van der Waals surface area contributed by atoms with Crippen LogP contribution in [0, 0.1) is 0 Å². The van der Waals surface area contributed by atoms with Gasteiger partial charge in [0, 0.05) is 44.0 Å². The van der Waals surface area contributed by atoms with Gasteiger partial charge >= 0.3 is 0 Å². The minimum atomic E-state index is -0.492. The molecule has 1 amide bonds. The Morgan fingerprint density at radius 1 is 1.17 bits per heavy atom. The fraction of sp³-hybridized carbons (Fsp3) is 0.286. The van der Waals surface area contributed by atoms with Crippen molar-refractivity contribution in [2.75, 3.05) is 6.61 Å². The van der Waals surface area contributed by atoms with E-state index in [4.69, 9.17) is 16.7 Å². The van der Waals surface area contributed by atoms with Gasteiger partial charge in [-0.3, -0.25) is 19.0 Å². The maximum Gasteiger partial charge on any atom is 0.257 e. The second-order valence-corrected chi connectivity index (χ2v) is 7.33. The molecule has 3 rings (SSSR count). The molecule has 2 aromatic heterocycles. The number of aryl methyl sites for hydroxylation is 3. The van der Waals surface area contributed by atoms with Gasteiger partial charge < -0.3 is 15.0 Å². The molecular weight excluding hydrogens is 394 g/mol. The molecule has 0 saturated heterocycles. The molecule has 3 aromatic rings. The van der Waals surface area contributed by atoms with Gasteiger partial charge in [-0.25, -0.2) is 0 Å². The molecule has 0 aliphatic rings. The second kappa shape index (κ2) is 8.63. The summed E-state index contributed by atoms with van der Waals surface area (Å²) in [5, 5.41) is 12.7. The topological polar surface area (TPSA) is 93.3 Å². The Morgan fingerprint density at radius 2 is 1.86 bits per heavy atom. The number of amides is 1. The smallest absolute Gasteiger partial charge is 0.257 e. The number of aliphatic hydroxyl groups is 1. The Hall–Kier alpha value is -2.90. The molecule has 0 atom stereocenters. The highest BCUT2D eigenvalue weighted by atomic mass is 35.5. The molecule has 152 valence electrons. The number of pyridine rings is 2. The van der Waals surface area contributed by atoms with Crippen LogP contribution < -0.4 is 16.3 Å². The molecule has 2 N–H and O–H groups in total. The largest absolute Gasteiger partial charge is 0.396 e. The number of hydrogen-bond donors (Lipinski definition) is 2. The molecule has 8 heteroatoms. The number of carbonyl (C=O) groups excluding carboxylic acids is 1. The SMILES string of the molecule is Cn1cc(C(=O)NCc2ccc(Cl)cc2)c(=O)c2cc(CCCO)c(=O)n(C)c21. The maximum absolute atomic E-state index is 13.0. The van der Waals surface area contributed by atoms with Crippen LogP contribution in [0.4, 0.5) is 0 Å². The van der Waals surface area contributed by atoms with E-state index in [-0.39, 0.29) is 24.3 Å². The lowest BCUT2D eigenvalue weighted by Gasteiger charge is -2.14. The van der Waals surface area contributed by atoms with Gasteiger partial charge in [0.15, 0.2) is 0 Å². The third-order valence-electron chi connectivity index (χ3n) is 4.82. The van der Waals surface area contributed by atoms with Crippen LogP contribution in [0.3, 0.4) is 0 Å². The van der Waals surface area contributed by atoms with Crippen molar-refractivity contribution in [1.82, 2.24) is 14.5 Å². The van der Waals surface area contributed by atoms with Crippen LogP contribution in [0.25, 0.3) is 11.0 Å². The number of nitrogens with one attached hydrogen (secondary N) is 1. The van der Waals surface area contributed by atoms with E-state index in [1.54, 1.807) is 42.9 Å². The van der Waals surface area contributed by atoms with E-state index >= 15 is 0 Å². The average molecular weight is 416 g/mol. The summed E-state index contributed by atoms with van der Waals surface area (Å²) < 4.78 is 3.00. The monoisotopic (exact) mass is 415 g/mol. The third-order valence-corrected chi connectivity index (χ3v) is 5.07. The molecule has 0 bridgehead atoms. The lowest BCUT2D eigenvalue weighted by molar-refractivity contribution is 0.0949. The molecule has 7 nitrogen and oxygen atoms in total. The van der Waals surface area contributed by atoms with Crippen molar-refractivity contribution in [3.63, 3.8) is 0 Å². The van der Waals surface area contributed by atoms with E-state index in [1.165, 1.54) is 16.8 Å². The van der Waals surface area contributed by atoms with Gasteiger partial charge in [0.25, 0.3) is 11.5 Å². The van der Waals surface area contributed by atoms with Crippen molar-refractivity contribution in [1.29, 1.82) is 0 Å². The van der Waals surface area contributed by atoms with E-state index in [1.807, 2.05) is 0 Å². The molecule has 2 heterocycles. The Balaban J connectivity index is 2.00. The van der Waals surface area contributed by atoms with E-state index in [0.717, 1.165) is 5.56 Å². The fourth-order valence-corrected chi connectivity index (χ4v) is 3.46. The van der Waals surface area contributed by atoms with Crippen LogP contribution in [-0.4, -0.2) is 26.8 Å². The van der Waals surface area contributed by atoms with E-state index in [0.29, 0.717) is 34.5 Å². The summed E-state index contributed by atoms with van der Waals surface area (Å²) >= 11 is 5.86. The molecule has 29 heavy (non-hydrogen) atoms. The van der Waals surface area contributed by atoms with Gasteiger partial charge in [-0.05, 0) is 36.6 Å². The normalized spacial score (nSPS) is 11.0. The number of rotatable bonds is 6. The summed E-state index contributed by atoms with van der Waals surface area (Å²) in [6.07, 6.45) is 2.21. The summed E-state index contributed by atoms with van der Waals surface area (Å²) in [5.41, 5.74) is 1.06. The van der Waals surface area contributed by atoms with Crippen molar-refractivity contribution in [2.24, 2.45) is 14.1 Å². The van der Waals surface area contributed by atoms with Crippen LogP contribution in [0.1, 0.15) is 27.9 Å². The summed E-state index contributed by atoms with van der Waals surface area (Å²) in [7, 11) is 3.28. The number of benzene rings is 1. The van der Waals surface area contributed by atoms with Crippen molar-refractivity contribution in [3.05, 3.63) is 78.8 Å². The lowest BCUT2D eigenvalue weighted by Crippen LogP contribution is -2.32. The van der Waals surface area contributed by atoms with E-state index < -0.39 is 11.3 Å². The van der Waals surface area contributed by atoms with Crippen molar-refractivity contribution >= 4 is 28.5 Å². The first-order valence-electron chi connectivity index (χ1n) is 9.19. The van der Waals surface area contributed by atoms with Crippen molar-refractivity contribution < 1.29 is 9.90 Å². The maximum atomic E-state index is 13.0. The minimum absolute atomic E-state index is 0.000667. The molecule has 0 saturated carbocycles. The third kappa shape index (κ3) is 4.26. The zero-order valence-corrected chi connectivity index (χ0v) is 17.0. The van der Waals surface area contributed by atoms with Gasteiger partial charge in [0.05, 0.1) is 5.39 Å². The first-order valence-corrected chi connectivity index (χ1v) is 9.57. The molecule has 0 aliphatic carbocycles. The summed E-state index contributed by atoms with van der Waals surface area (Å²) in [6.45, 7) is 0.207. The number of aromatic nitrogens is 2. The van der Waals surface area contributed by atoms with Crippen molar-refractivity contribution in [2.45, 2.75) is 19.4 Å². The number of carbonyl (C=O) groups is 1. The second-order valence-electron chi connectivity index (χ2n) is 6.89. The number of nitrogens with zero attached hydrogens (tertiary/aromatic N) is 2. The van der Waals surface area contributed by atoms with Gasteiger partial charge in [-0.15, -0.1) is 0 Å². The predicted octanol–water partition coefficient (Wildman–Crippen LogP) is 1.75. The highest BCUT2D eigenvalue weighted by Crippen LogP contribution is 2.12.